The summed E-state index contributed by atoms with van der Waals surface area (Å²) in [6, 6.07) is 3.61. The normalized spacial score (nSPS) is 10.8. The monoisotopic (exact) mass is 289 g/mol. The van der Waals surface area contributed by atoms with Crippen LogP contribution in [0.4, 0.5) is 10.5 Å². The van der Waals surface area contributed by atoms with Crippen LogP contribution in [0.3, 0.4) is 0 Å². The number of amides is 1. The fraction of sp³-hybridized carbons (Fsp3) is 0.500. The highest BCUT2D eigenvalue weighted by molar-refractivity contribution is 5.87. The lowest BCUT2D eigenvalue weighted by Gasteiger charge is -2.27. The van der Waals surface area contributed by atoms with Gasteiger partial charge in [-0.3, -0.25) is 9.88 Å². The van der Waals surface area contributed by atoms with Gasteiger partial charge in [-0.25, -0.2) is 4.79 Å². The van der Waals surface area contributed by atoms with Crippen molar-refractivity contribution >= 4 is 11.8 Å². The summed E-state index contributed by atoms with van der Waals surface area (Å²) in [4.78, 5) is 18.1. The van der Waals surface area contributed by atoms with Gasteiger partial charge in [-0.1, -0.05) is 0 Å². The molecule has 1 heterocycles. The lowest BCUT2D eigenvalue weighted by Crippen LogP contribution is -2.37. The highest BCUT2D eigenvalue weighted by Gasteiger charge is 2.23. The summed E-state index contributed by atoms with van der Waals surface area (Å²) in [5.41, 5.74) is 6.43. The third kappa shape index (κ3) is 5.84. The molecule has 0 aliphatic heterocycles. The Bertz CT molecular complexity index is 498. The second-order valence-corrected chi connectivity index (χ2v) is 5.65. The van der Waals surface area contributed by atoms with Crippen molar-refractivity contribution in [2.24, 2.45) is 5.73 Å². The molecular formula is C16H23N3O2. The highest BCUT2D eigenvalue weighted by atomic mass is 16.6. The molecule has 0 saturated heterocycles. The Morgan fingerprint density at radius 2 is 2.19 bits per heavy atom. The molecule has 0 aliphatic carbocycles. The first-order chi connectivity index (χ1) is 9.87. The average molecular weight is 289 g/mol. The standard InChI is InChI=1S/C16H23N3O2/c1-5-6-7-10-19(15(20)21-16(2,3)4)14-9-8-13(11-17)18-12-14/h1,8-9,12H,6-7,10-11,17H2,2-4H3. The zero-order valence-corrected chi connectivity index (χ0v) is 12.9. The number of hydrogen-bond donors (Lipinski definition) is 1. The summed E-state index contributed by atoms with van der Waals surface area (Å²) < 4.78 is 5.42. The summed E-state index contributed by atoms with van der Waals surface area (Å²) in [7, 11) is 0. The van der Waals surface area contributed by atoms with Crippen molar-refractivity contribution in [3.05, 3.63) is 24.0 Å². The summed E-state index contributed by atoms with van der Waals surface area (Å²) in [6.07, 6.45) is 7.79. The smallest absolute Gasteiger partial charge is 0.414 e. The van der Waals surface area contributed by atoms with Crippen LogP contribution >= 0.6 is 0 Å². The van der Waals surface area contributed by atoms with Crippen molar-refractivity contribution in [2.45, 2.75) is 45.8 Å². The quantitative estimate of drug-likeness (QED) is 0.668. The van der Waals surface area contributed by atoms with Crippen LogP contribution in [-0.2, 0) is 11.3 Å². The largest absolute Gasteiger partial charge is 0.443 e. The number of nitrogens with two attached hydrogens (primary N) is 1. The number of carbonyl (C=O) groups excluding carboxylic acids is 1. The van der Waals surface area contributed by atoms with E-state index in [-0.39, 0.29) is 0 Å². The maximum absolute atomic E-state index is 12.3. The minimum absolute atomic E-state index is 0.365. The molecule has 1 rings (SSSR count). The van der Waals surface area contributed by atoms with E-state index in [0.29, 0.717) is 31.6 Å². The third-order valence-electron chi connectivity index (χ3n) is 2.65. The van der Waals surface area contributed by atoms with Crippen LogP contribution in [0.15, 0.2) is 18.3 Å². The molecule has 114 valence electrons. The molecule has 5 heteroatoms. The van der Waals surface area contributed by atoms with E-state index in [4.69, 9.17) is 16.9 Å². The van der Waals surface area contributed by atoms with Gasteiger partial charge in [0.25, 0.3) is 0 Å². The predicted molar refractivity (Wildman–Crippen MR) is 83.8 cm³/mol. The van der Waals surface area contributed by atoms with E-state index >= 15 is 0 Å². The molecule has 2 N–H and O–H groups in total. The number of anilines is 1. The SMILES string of the molecule is C#CCCCN(C(=O)OC(C)(C)C)c1ccc(CN)nc1. The first-order valence-corrected chi connectivity index (χ1v) is 6.96. The van der Waals surface area contributed by atoms with Crippen LogP contribution in [0.5, 0.6) is 0 Å². The molecule has 0 aliphatic rings. The molecule has 0 spiro atoms. The number of carbonyl (C=O) groups is 1. The maximum atomic E-state index is 12.3. The Labute approximate surface area is 126 Å². The van der Waals surface area contributed by atoms with Crippen LogP contribution < -0.4 is 10.6 Å². The minimum Gasteiger partial charge on any atom is -0.443 e. The Morgan fingerprint density at radius 3 is 2.67 bits per heavy atom. The van der Waals surface area contributed by atoms with E-state index < -0.39 is 11.7 Å². The number of terminal acetylenes is 1. The molecule has 1 aromatic rings. The van der Waals surface area contributed by atoms with E-state index in [0.717, 1.165) is 5.69 Å². The van der Waals surface area contributed by atoms with Crippen molar-refractivity contribution in [3.63, 3.8) is 0 Å². The van der Waals surface area contributed by atoms with Crippen LogP contribution in [0.2, 0.25) is 0 Å². The van der Waals surface area contributed by atoms with Gasteiger partial charge in [0, 0.05) is 19.5 Å². The molecule has 0 aromatic carbocycles. The molecular weight excluding hydrogens is 266 g/mol. The van der Waals surface area contributed by atoms with Crippen LogP contribution in [-0.4, -0.2) is 23.2 Å². The molecule has 0 fully saturated rings. The summed E-state index contributed by atoms with van der Waals surface area (Å²) in [6.45, 7) is 6.35. The maximum Gasteiger partial charge on any atom is 0.414 e. The molecule has 0 saturated carbocycles. The summed E-state index contributed by atoms with van der Waals surface area (Å²) >= 11 is 0. The predicted octanol–water partition coefficient (Wildman–Crippen LogP) is 2.70. The van der Waals surface area contributed by atoms with E-state index in [9.17, 15) is 4.79 Å². The van der Waals surface area contributed by atoms with E-state index in [2.05, 4.69) is 10.9 Å². The number of nitrogens with zero attached hydrogens (tertiary/aromatic N) is 2. The molecule has 5 nitrogen and oxygen atoms in total. The number of unbranched alkanes of at least 4 members (excludes halogenated alkanes) is 1. The van der Waals surface area contributed by atoms with Gasteiger partial charge in [0.05, 0.1) is 17.6 Å². The highest BCUT2D eigenvalue weighted by Crippen LogP contribution is 2.18. The van der Waals surface area contributed by atoms with Gasteiger partial charge in [0.15, 0.2) is 0 Å². The first kappa shape index (κ1) is 17.0. The molecule has 0 atom stereocenters. The van der Waals surface area contributed by atoms with Crippen LogP contribution in [0.25, 0.3) is 0 Å². The average Bonchev–Trinajstić information content (AvgIpc) is 2.42. The Hall–Kier alpha value is -2.06. The van der Waals surface area contributed by atoms with E-state index in [1.165, 1.54) is 0 Å². The number of pyridine rings is 1. The van der Waals surface area contributed by atoms with Crippen LogP contribution in [0.1, 0.15) is 39.3 Å². The number of rotatable bonds is 5. The Kier molecular flexibility index (Phi) is 6.19. The second kappa shape index (κ2) is 7.65. The van der Waals surface area contributed by atoms with Crippen molar-refractivity contribution in [2.75, 3.05) is 11.4 Å². The number of ether oxygens (including phenoxy) is 1. The van der Waals surface area contributed by atoms with E-state index in [1.807, 2.05) is 26.8 Å². The molecule has 1 amide bonds. The lowest BCUT2D eigenvalue weighted by atomic mass is 10.2. The van der Waals surface area contributed by atoms with Gasteiger partial charge in [0.2, 0.25) is 0 Å². The Balaban J connectivity index is 2.89. The molecule has 0 bridgehead atoms. The number of hydrogen-bond acceptors (Lipinski definition) is 4. The fourth-order valence-electron chi connectivity index (χ4n) is 1.68. The molecule has 21 heavy (non-hydrogen) atoms. The molecule has 1 aromatic heterocycles. The molecule has 0 radical (unpaired) electrons. The second-order valence-electron chi connectivity index (χ2n) is 5.65. The third-order valence-corrected chi connectivity index (χ3v) is 2.65. The van der Waals surface area contributed by atoms with Gasteiger partial charge in [0.1, 0.15) is 5.60 Å². The first-order valence-electron chi connectivity index (χ1n) is 6.96. The van der Waals surface area contributed by atoms with Crippen molar-refractivity contribution in [1.82, 2.24) is 4.98 Å². The fourth-order valence-corrected chi connectivity index (χ4v) is 1.68. The molecule has 0 unspecified atom stereocenters. The minimum atomic E-state index is -0.550. The van der Waals surface area contributed by atoms with Crippen LogP contribution in [0, 0.1) is 12.3 Å². The van der Waals surface area contributed by atoms with Gasteiger partial charge in [-0.15, -0.1) is 12.3 Å². The van der Waals surface area contributed by atoms with E-state index in [1.54, 1.807) is 17.2 Å². The van der Waals surface area contributed by atoms with Crippen molar-refractivity contribution in [3.8, 4) is 12.3 Å². The van der Waals surface area contributed by atoms with Crippen molar-refractivity contribution in [1.29, 1.82) is 0 Å². The zero-order valence-electron chi connectivity index (χ0n) is 12.9. The lowest BCUT2D eigenvalue weighted by molar-refractivity contribution is 0.0580. The van der Waals surface area contributed by atoms with Gasteiger partial charge < -0.3 is 10.5 Å². The summed E-state index contributed by atoms with van der Waals surface area (Å²) in [5.74, 6) is 2.57. The van der Waals surface area contributed by atoms with Gasteiger partial charge in [-0.2, -0.15) is 0 Å². The summed E-state index contributed by atoms with van der Waals surface area (Å²) in [5, 5.41) is 0. The number of aromatic nitrogens is 1. The van der Waals surface area contributed by atoms with Gasteiger partial charge in [-0.05, 0) is 39.3 Å². The van der Waals surface area contributed by atoms with Gasteiger partial charge >= 0.3 is 6.09 Å². The Morgan fingerprint density at radius 1 is 1.48 bits per heavy atom. The zero-order chi connectivity index (χ0) is 15.9. The van der Waals surface area contributed by atoms with Crippen molar-refractivity contribution < 1.29 is 9.53 Å². The topological polar surface area (TPSA) is 68.5 Å².